The fraction of sp³-hybridized carbons (Fsp3) is 0.0476. The number of halogens is 1. The van der Waals surface area contributed by atoms with Gasteiger partial charge in [0, 0.05) is 11.4 Å². The van der Waals surface area contributed by atoms with Crippen molar-refractivity contribution in [1.29, 1.82) is 0 Å². The Hall–Kier alpha value is -3.67. The molecule has 2 N–H and O–H groups in total. The van der Waals surface area contributed by atoms with Crippen LogP contribution in [0.2, 0.25) is 0 Å². The maximum Gasteiger partial charge on any atom is 0.314 e. The van der Waals surface area contributed by atoms with Crippen molar-refractivity contribution in [3.05, 3.63) is 90.2 Å². The molecule has 0 aliphatic carbocycles. The molecule has 0 saturated carbocycles. The largest absolute Gasteiger partial charge is 0.489 e. The van der Waals surface area contributed by atoms with Gasteiger partial charge < -0.3 is 15.4 Å². The van der Waals surface area contributed by atoms with E-state index < -0.39 is 17.6 Å². The molecule has 5 nitrogen and oxygen atoms in total. The number of ether oxygens (including phenoxy) is 1. The van der Waals surface area contributed by atoms with Gasteiger partial charge in [0.15, 0.2) is 0 Å². The SMILES string of the molecule is O=C(Nc1ccc(OCc2ccccc2)cc1)C(=O)Nc1cccc(F)c1. The molecule has 0 saturated heterocycles. The molecule has 0 atom stereocenters. The third-order valence-corrected chi connectivity index (χ3v) is 3.65. The van der Waals surface area contributed by atoms with E-state index in [1.807, 2.05) is 30.3 Å². The Morgan fingerprint density at radius 3 is 2.11 bits per heavy atom. The Morgan fingerprint density at radius 1 is 0.778 bits per heavy atom. The van der Waals surface area contributed by atoms with Crippen LogP contribution >= 0.6 is 0 Å². The standard InChI is InChI=1S/C21H17FN2O3/c22-16-7-4-8-18(13-16)24-21(26)20(25)23-17-9-11-19(12-10-17)27-14-15-5-2-1-3-6-15/h1-13H,14H2,(H,23,25)(H,24,26). The predicted octanol–water partition coefficient (Wildman–Crippen LogP) is 3.98. The van der Waals surface area contributed by atoms with Crippen LogP contribution in [0.1, 0.15) is 5.56 Å². The lowest BCUT2D eigenvalue weighted by atomic mass is 10.2. The van der Waals surface area contributed by atoms with E-state index in [2.05, 4.69) is 10.6 Å². The predicted molar refractivity (Wildman–Crippen MR) is 101 cm³/mol. The lowest BCUT2D eigenvalue weighted by Gasteiger charge is -2.09. The summed E-state index contributed by atoms with van der Waals surface area (Å²) in [6, 6.07) is 21.7. The van der Waals surface area contributed by atoms with Gasteiger partial charge in [0.2, 0.25) is 0 Å². The van der Waals surface area contributed by atoms with Crippen molar-refractivity contribution < 1.29 is 18.7 Å². The van der Waals surface area contributed by atoms with Crippen LogP contribution in [0.5, 0.6) is 5.75 Å². The van der Waals surface area contributed by atoms with Crippen LogP contribution in [0.25, 0.3) is 0 Å². The monoisotopic (exact) mass is 364 g/mol. The molecule has 3 aromatic carbocycles. The quantitative estimate of drug-likeness (QED) is 0.673. The molecule has 0 bridgehead atoms. The van der Waals surface area contributed by atoms with E-state index in [1.165, 1.54) is 18.2 Å². The average molecular weight is 364 g/mol. The summed E-state index contributed by atoms with van der Waals surface area (Å²) >= 11 is 0. The van der Waals surface area contributed by atoms with E-state index in [0.717, 1.165) is 11.6 Å². The summed E-state index contributed by atoms with van der Waals surface area (Å²) in [5, 5.41) is 4.81. The first-order valence-electron chi connectivity index (χ1n) is 8.25. The van der Waals surface area contributed by atoms with Gasteiger partial charge in [-0.1, -0.05) is 36.4 Å². The molecule has 0 aliphatic rings. The molecule has 2 amide bonds. The number of rotatable bonds is 5. The third kappa shape index (κ3) is 5.40. The van der Waals surface area contributed by atoms with Gasteiger partial charge in [-0.15, -0.1) is 0 Å². The summed E-state index contributed by atoms with van der Waals surface area (Å²) in [6.07, 6.45) is 0. The summed E-state index contributed by atoms with van der Waals surface area (Å²) in [5.74, 6) is -1.59. The highest BCUT2D eigenvalue weighted by Crippen LogP contribution is 2.17. The lowest BCUT2D eigenvalue weighted by molar-refractivity contribution is -0.133. The Kier molecular flexibility index (Phi) is 5.79. The molecule has 0 heterocycles. The minimum atomic E-state index is -0.884. The normalized spacial score (nSPS) is 10.1. The molecule has 0 unspecified atom stereocenters. The zero-order valence-electron chi connectivity index (χ0n) is 14.3. The molecular formula is C21H17FN2O3. The minimum absolute atomic E-state index is 0.208. The number of hydrogen-bond acceptors (Lipinski definition) is 3. The molecule has 3 rings (SSSR count). The second kappa shape index (κ2) is 8.62. The van der Waals surface area contributed by atoms with Crippen molar-refractivity contribution in [1.82, 2.24) is 0 Å². The highest BCUT2D eigenvalue weighted by molar-refractivity contribution is 6.43. The summed E-state index contributed by atoms with van der Waals surface area (Å²) in [5.41, 5.74) is 1.70. The highest BCUT2D eigenvalue weighted by Gasteiger charge is 2.14. The van der Waals surface area contributed by atoms with Gasteiger partial charge in [0.25, 0.3) is 0 Å². The highest BCUT2D eigenvalue weighted by atomic mass is 19.1. The fourth-order valence-electron chi connectivity index (χ4n) is 2.32. The Labute approximate surface area is 155 Å². The van der Waals surface area contributed by atoms with Crippen molar-refractivity contribution in [3.63, 3.8) is 0 Å². The second-order valence-corrected chi connectivity index (χ2v) is 5.72. The zero-order chi connectivity index (χ0) is 19.1. The Morgan fingerprint density at radius 2 is 1.44 bits per heavy atom. The number of carbonyl (C=O) groups is 2. The number of benzene rings is 3. The van der Waals surface area contributed by atoms with E-state index in [4.69, 9.17) is 4.74 Å². The third-order valence-electron chi connectivity index (χ3n) is 3.65. The van der Waals surface area contributed by atoms with Gasteiger partial charge in [-0.2, -0.15) is 0 Å². The van der Waals surface area contributed by atoms with Crippen molar-refractivity contribution in [2.75, 3.05) is 10.6 Å². The zero-order valence-corrected chi connectivity index (χ0v) is 14.3. The summed E-state index contributed by atoms with van der Waals surface area (Å²) in [6.45, 7) is 0.433. The van der Waals surface area contributed by atoms with Crippen LogP contribution in [0.4, 0.5) is 15.8 Å². The smallest absolute Gasteiger partial charge is 0.314 e. The number of anilines is 2. The molecule has 0 aromatic heterocycles. The van der Waals surface area contributed by atoms with Crippen LogP contribution in [-0.2, 0) is 16.2 Å². The van der Waals surface area contributed by atoms with Crippen LogP contribution in [-0.4, -0.2) is 11.8 Å². The number of amides is 2. The fourth-order valence-corrected chi connectivity index (χ4v) is 2.32. The van der Waals surface area contributed by atoms with Gasteiger partial charge >= 0.3 is 11.8 Å². The maximum absolute atomic E-state index is 13.1. The minimum Gasteiger partial charge on any atom is -0.489 e. The molecule has 6 heteroatoms. The Bertz CT molecular complexity index is 928. The van der Waals surface area contributed by atoms with Crippen LogP contribution in [0.15, 0.2) is 78.9 Å². The first kappa shape index (κ1) is 18.1. The van der Waals surface area contributed by atoms with Crippen molar-refractivity contribution in [2.45, 2.75) is 6.61 Å². The van der Waals surface area contributed by atoms with E-state index >= 15 is 0 Å². The van der Waals surface area contributed by atoms with Gasteiger partial charge in [-0.05, 0) is 48.0 Å². The molecule has 0 aliphatic heterocycles. The number of hydrogen-bond donors (Lipinski definition) is 2. The number of nitrogens with one attached hydrogen (secondary N) is 2. The molecule has 0 radical (unpaired) electrons. The molecule has 0 spiro atoms. The topological polar surface area (TPSA) is 67.4 Å². The number of carbonyl (C=O) groups excluding carboxylic acids is 2. The molecule has 136 valence electrons. The van der Waals surface area contributed by atoms with Gasteiger partial charge in [0.1, 0.15) is 18.2 Å². The van der Waals surface area contributed by atoms with E-state index in [1.54, 1.807) is 24.3 Å². The van der Waals surface area contributed by atoms with Crippen molar-refractivity contribution >= 4 is 23.2 Å². The van der Waals surface area contributed by atoms with Crippen molar-refractivity contribution in [2.24, 2.45) is 0 Å². The van der Waals surface area contributed by atoms with Crippen LogP contribution in [0.3, 0.4) is 0 Å². The molecule has 27 heavy (non-hydrogen) atoms. The maximum atomic E-state index is 13.1. The van der Waals surface area contributed by atoms with Gasteiger partial charge in [0.05, 0.1) is 0 Å². The van der Waals surface area contributed by atoms with Crippen LogP contribution < -0.4 is 15.4 Å². The summed E-state index contributed by atoms with van der Waals surface area (Å²) in [4.78, 5) is 23.8. The van der Waals surface area contributed by atoms with E-state index in [0.29, 0.717) is 18.0 Å². The Balaban J connectivity index is 1.52. The van der Waals surface area contributed by atoms with Crippen LogP contribution in [0, 0.1) is 5.82 Å². The van der Waals surface area contributed by atoms with E-state index in [-0.39, 0.29) is 5.69 Å². The van der Waals surface area contributed by atoms with Gasteiger partial charge in [-0.25, -0.2) is 4.39 Å². The molecular weight excluding hydrogens is 347 g/mol. The summed E-state index contributed by atoms with van der Waals surface area (Å²) in [7, 11) is 0. The molecule has 3 aromatic rings. The molecule has 0 fully saturated rings. The van der Waals surface area contributed by atoms with E-state index in [9.17, 15) is 14.0 Å². The summed E-state index contributed by atoms with van der Waals surface area (Å²) < 4.78 is 18.8. The average Bonchev–Trinajstić information content (AvgIpc) is 2.68. The first-order chi connectivity index (χ1) is 13.1. The first-order valence-corrected chi connectivity index (χ1v) is 8.25. The van der Waals surface area contributed by atoms with Gasteiger partial charge in [-0.3, -0.25) is 9.59 Å². The second-order valence-electron chi connectivity index (χ2n) is 5.72. The van der Waals surface area contributed by atoms with Crippen molar-refractivity contribution in [3.8, 4) is 5.75 Å². The lowest BCUT2D eigenvalue weighted by Crippen LogP contribution is -2.29.